The summed E-state index contributed by atoms with van der Waals surface area (Å²) in [4.78, 5) is 0.404. The zero-order valence-electron chi connectivity index (χ0n) is 9.06. The van der Waals surface area contributed by atoms with Gasteiger partial charge in [0.15, 0.2) is 0 Å². The van der Waals surface area contributed by atoms with Gasteiger partial charge < -0.3 is 0 Å². The van der Waals surface area contributed by atoms with Gasteiger partial charge in [0.1, 0.15) is 0 Å². The highest BCUT2D eigenvalue weighted by atomic mass is 127. The fourth-order valence-electron chi connectivity index (χ4n) is 1.82. The summed E-state index contributed by atoms with van der Waals surface area (Å²) in [5.74, 6) is 0. The summed E-state index contributed by atoms with van der Waals surface area (Å²) in [5, 5.41) is 0. The van der Waals surface area contributed by atoms with Gasteiger partial charge in [0.2, 0.25) is 10.0 Å². The van der Waals surface area contributed by atoms with E-state index in [9.17, 15) is 8.42 Å². The quantitative estimate of drug-likeness (QED) is 0.467. The summed E-state index contributed by atoms with van der Waals surface area (Å²) in [6.07, 6.45) is 1.91. The average Bonchev–Trinajstić information content (AvgIpc) is 2.66. The molecule has 88 valence electrons. The second kappa shape index (κ2) is 4.62. The van der Waals surface area contributed by atoms with Gasteiger partial charge in [0.05, 0.1) is 8.94 Å². The van der Waals surface area contributed by atoms with Gasteiger partial charge in [-0.05, 0) is 31.9 Å². The lowest BCUT2D eigenvalue weighted by Crippen LogP contribution is -2.32. The molecule has 1 saturated heterocycles. The van der Waals surface area contributed by atoms with E-state index in [1.807, 2.05) is 19.1 Å². The number of rotatable bonds is 2. The normalized spacial score (nSPS) is 22.5. The molecule has 0 spiro atoms. The summed E-state index contributed by atoms with van der Waals surface area (Å²) in [7, 11) is -3.28. The van der Waals surface area contributed by atoms with Gasteiger partial charge in [0.25, 0.3) is 0 Å². The molecule has 1 aliphatic heterocycles. The monoisotopic (exact) mass is 351 g/mol. The molecule has 5 heteroatoms. The van der Waals surface area contributed by atoms with Crippen LogP contribution in [0.25, 0.3) is 0 Å². The van der Waals surface area contributed by atoms with E-state index in [1.165, 1.54) is 0 Å². The first kappa shape index (κ1) is 12.3. The second-order valence-corrected chi connectivity index (χ2v) is 7.33. The zero-order valence-corrected chi connectivity index (χ0v) is 12.0. The van der Waals surface area contributed by atoms with E-state index >= 15 is 0 Å². The molecule has 1 aromatic carbocycles. The summed E-state index contributed by atoms with van der Waals surface area (Å²) < 4.78 is 26.3. The number of aryl methyl sites for hydroxylation is 1. The molecule has 0 bridgehead atoms. The van der Waals surface area contributed by atoms with Gasteiger partial charge in [-0.1, -0.05) is 40.3 Å². The Labute approximate surface area is 110 Å². The van der Waals surface area contributed by atoms with Gasteiger partial charge >= 0.3 is 0 Å². The highest BCUT2D eigenvalue weighted by Gasteiger charge is 2.33. The Morgan fingerprint density at radius 1 is 1.31 bits per heavy atom. The van der Waals surface area contributed by atoms with Crippen LogP contribution in [0.5, 0.6) is 0 Å². The van der Waals surface area contributed by atoms with E-state index in [-0.39, 0.29) is 4.05 Å². The Morgan fingerprint density at radius 3 is 2.44 bits per heavy atom. The topological polar surface area (TPSA) is 37.4 Å². The average molecular weight is 351 g/mol. The number of halogens is 1. The van der Waals surface area contributed by atoms with E-state index in [2.05, 4.69) is 22.6 Å². The number of sulfonamides is 1. The van der Waals surface area contributed by atoms with Crippen molar-refractivity contribution in [3.63, 3.8) is 0 Å². The minimum absolute atomic E-state index is 0.101. The summed E-state index contributed by atoms with van der Waals surface area (Å²) in [6.45, 7) is 2.59. The minimum Gasteiger partial charge on any atom is -0.207 e. The van der Waals surface area contributed by atoms with Crippen LogP contribution >= 0.6 is 22.6 Å². The highest BCUT2D eigenvalue weighted by Crippen LogP contribution is 2.29. The molecule has 0 aliphatic carbocycles. The van der Waals surface area contributed by atoms with Gasteiger partial charge in [-0.2, -0.15) is 4.31 Å². The predicted molar refractivity (Wildman–Crippen MR) is 72.1 cm³/mol. The maximum absolute atomic E-state index is 12.3. The first-order valence-corrected chi connectivity index (χ1v) is 7.93. The molecule has 1 unspecified atom stereocenters. The molecular formula is C11H14INO2S. The summed E-state index contributed by atoms with van der Waals surface area (Å²) in [6, 6.07) is 7.05. The molecule has 0 saturated carbocycles. The SMILES string of the molecule is Cc1ccc(S(=O)(=O)N2CCCC2I)cc1. The number of hydrogen-bond acceptors (Lipinski definition) is 2. The Balaban J connectivity index is 2.35. The van der Waals surface area contributed by atoms with Crippen molar-refractivity contribution in [3.05, 3.63) is 29.8 Å². The summed E-state index contributed by atoms with van der Waals surface area (Å²) in [5.41, 5.74) is 1.08. The van der Waals surface area contributed by atoms with Crippen molar-refractivity contribution in [1.29, 1.82) is 0 Å². The Hall–Kier alpha value is -0.140. The van der Waals surface area contributed by atoms with Crippen LogP contribution < -0.4 is 0 Å². The minimum atomic E-state index is -3.28. The van der Waals surface area contributed by atoms with Gasteiger partial charge in [-0.25, -0.2) is 8.42 Å². The maximum atomic E-state index is 12.3. The van der Waals surface area contributed by atoms with Crippen LogP contribution in [0.3, 0.4) is 0 Å². The van der Waals surface area contributed by atoms with E-state index in [0.29, 0.717) is 11.4 Å². The van der Waals surface area contributed by atoms with Crippen molar-refractivity contribution in [2.75, 3.05) is 6.54 Å². The van der Waals surface area contributed by atoms with Gasteiger partial charge in [0, 0.05) is 6.54 Å². The Bertz CT molecular complexity index is 469. The lowest BCUT2D eigenvalue weighted by atomic mass is 10.2. The van der Waals surface area contributed by atoms with E-state index in [1.54, 1.807) is 16.4 Å². The third-order valence-corrected chi connectivity index (χ3v) is 6.36. The first-order chi connectivity index (χ1) is 7.51. The molecule has 1 aliphatic rings. The standard InChI is InChI=1S/C11H14INO2S/c1-9-4-6-10(7-5-9)16(14,15)13-8-2-3-11(13)12/h4-7,11H,2-3,8H2,1H3. The van der Waals surface area contributed by atoms with Gasteiger partial charge in [-0.3, -0.25) is 0 Å². The van der Waals surface area contributed by atoms with Crippen molar-refractivity contribution in [3.8, 4) is 0 Å². The van der Waals surface area contributed by atoms with Crippen LogP contribution in [-0.4, -0.2) is 23.3 Å². The largest absolute Gasteiger partial charge is 0.244 e. The predicted octanol–water partition coefficient (Wildman–Crippen LogP) is 2.54. The molecule has 2 rings (SSSR count). The Morgan fingerprint density at radius 2 is 1.94 bits per heavy atom. The van der Waals surface area contributed by atoms with Crippen molar-refractivity contribution < 1.29 is 8.42 Å². The van der Waals surface area contributed by atoms with Crippen LogP contribution in [0, 0.1) is 6.92 Å². The molecule has 16 heavy (non-hydrogen) atoms. The number of hydrogen-bond donors (Lipinski definition) is 0. The molecule has 0 aromatic heterocycles. The summed E-state index contributed by atoms with van der Waals surface area (Å²) >= 11 is 2.20. The maximum Gasteiger partial charge on any atom is 0.244 e. The smallest absolute Gasteiger partial charge is 0.207 e. The van der Waals surface area contributed by atoms with Crippen molar-refractivity contribution >= 4 is 32.6 Å². The molecular weight excluding hydrogens is 337 g/mol. The molecule has 1 heterocycles. The van der Waals surface area contributed by atoms with E-state index in [4.69, 9.17) is 0 Å². The van der Waals surface area contributed by atoms with Crippen LogP contribution in [0.4, 0.5) is 0 Å². The lowest BCUT2D eigenvalue weighted by Gasteiger charge is -2.19. The first-order valence-electron chi connectivity index (χ1n) is 5.24. The van der Waals surface area contributed by atoms with Crippen molar-refractivity contribution in [1.82, 2.24) is 4.31 Å². The van der Waals surface area contributed by atoms with E-state index in [0.717, 1.165) is 18.4 Å². The van der Waals surface area contributed by atoms with Crippen molar-refractivity contribution in [2.24, 2.45) is 0 Å². The van der Waals surface area contributed by atoms with Crippen LogP contribution in [0.1, 0.15) is 18.4 Å². The second-order valence-electron chi connectivity index (χ2n) is 4.01. The fraction of sp³-hybridized carbons (Fsp3) is 0.455. The molecule has 1 atom stereocenters. The molecule has 0 amide bonds. The fourth-order valence-corrected chi connectivity index (χ4v) is 4.96. The molecule has 0 N–H and O–H groups in total. The van der Waals surface area contributed by atoms with Crippen molar-refractivity contribution in [2.45, 2.75) is 28.7 Å². The van der Waals surface area contributed by atoms with Crippen LogP contribution in [0.2, 0.25) is 0 Å². The number of benzene rings is 1. The molecule has 0 radical (unpaired) electrons. The van der Waals surface area contributed by atoms with Crippen LogP contribution in [-0.2, 0) is 10.0 Å². The van der Waals surface area contributed by atoms with Gasteiger partial charge in [-0.15, -0.1) is 0 Å². The molecule has 1 fully saturated rings. The number of nitrogens with zero attached hydrogens (tertiary/aromatic N) is 1. The van der Waals surface area contributed by atoms with E-state index < -0.39 is 10.0 Å². The molecule has 3 nitrogen and oxygen atoms in total. The molecule has 1 aromatic rings. The van der Waals surface area contributed by atoms with Crippen LogP contribution in [0.15, 0.2) is 29.2 Å². The number of alkyl halides is 1. The third kappa shape index (κ3) is 2.26. The Kier molecular flexibility index (Phi) is 3.56. The third-order valence-electron chi connectivity index (χ3n) is 2.76. The highest BCUT2D eigenvalue weighted by molar-refractivity contribution is 14.1. The lowest BCUT2D eigenvalue weighted by molar-refractivity contribution is 0.468. The zero-order chi connectivity index (χ0) is 11.8.